The van der Waals surface area contributed by atoms with Crippen LogP contribution in [0, 0.1) is 0 Å². The molecule has 0 aliphatic carbocycles. The van der Waals surface area contributed by atoms with Gasteiger partial charge in [-0.2, -0.15) is 0 Å². The number of hydrogen-bond acceptors (Lipinski definition) is 4. The van der Waals surface area contributed by atoms with Gasteiger partial charge in [0.2, 0.25) is 0 Å². The first kappa shape index (κ1) is 12.1. The van der Waals surface area contributed by atoms with Gasteiger partial charge in [-0.05, 0) is 12.1 Å². The number of aromatic nitrogens is 4. The Balaban J connectivity index is 2.24. The summed E-state index contributed by atoms with van der Waals surface area (Å²) in [6, 6.07) is 3.82. The Morgan fingerprint density at radius 2 is 2.35 bits per heavy atom. The van der Waals surface area contributed by atoms with Crippen molar-refractivity contribution >= 4 is 23.4 Å². The molecule has 2 aromatic rings. The second-order valence-corrected chi connectivity index (χ2v) is 4.89. The van der Waals surface area contributed by atoms with E-state index in [9.17, 15) is 0 Å². The summed E-state index contributed by atoms with van der Waals surface area (Å²) in [6.45, 7) is 3.64. The quantitative estimate of drug-likeness (QED) is 0.798. The van der Waals surface area contributed by atoms with E-state index in [4.69, 9.17) is 11.6 Å². The molecule has 0 unspecified atom stereocenters. The van der Waals surface area contributed by atoms with E-state index < -0.39 is 0 Å². The molecule has 0 aliphatic heterocycles. The zero-order valence-corrected chi connectivity index (χ0v) is 10.9. The summed E-state index contributed by atoms with van der Waals surface area (Å²) in [7, 11) is 1.92. The van der Waals surface area contributed by atoms with Crippen molar-refractivity contribution in [1.29, 1.82) is 0 Å². The monoisotopic (exact) mass is 266 g/mol. The first-order valence-corrected chi connectivity index (χ1v) is 6.30. The fourth-order valence-electron chi connectivity index (χ4n) is 1.33. The maximum Gasteiger partial charge on any atom is 0.191 e. The lowest BCUT2D eigenvalue weighted by atomic mass is 10.3. The zero-order valence-electron chi connectivity index (χ0n) is 9.30. The molecular formula is C11H11ClN4S. The Morgan fingerprint density at radius 1 is 1.53 bits per heavy atom. The molecular weight excluding hydrogens is 256 g/mol. The van der Waals surface area contributed by atoms with Gasteiger partial charge in [-0.1, -0.05) is 29.9 Å². The Bertz CT molecular complexity index is 524. The Morgan fingerprint density at radius 3 is 3.00 bits per heavy atom. The molecule has 4 nitrogen and oxygen atoms in total. The molecule has 0 amide bonds. The highest BCUT2D eigenvalue weighted by atomic mass is 35.5. The Hall–Kier alpha value is -1.33. The minimum atomic E-state index is 0.598. The van der Waals surface area contributed by atoms with E-state index >= 15 is 0 Å². The molecule has 0 saturated heterocycles. The molecule has 0 fully saturated rings. The topological polar surface area (TPSA) is 43.6 Å². The zero-order chi connectivity index (χ0) is 12.3. The molecule has 17 heavy (non-hydrogen) atoms. The maximum absolute atomic E-state index is 5.72. The molecule has 0 N–H and O–H groups in total. The van der Waals surface area contributed by atoms with Gasteiger partial charge >= 0.3 is 0 Å². The van der Waals surface area contributed by atoms with E-state index in [0.717, 1.165) is 16.5 Å². The third-order valence-corrected chi connectivity index (χ3v) is 3.51. The molecule has 2 rings (SSSR count). The lowest BCUT2D eigenvalue weighted by Gasteiger charge is -2.02. The smallest absolute Gasteiger partial charge is 0.191 e. The summed E-state index contributed by atoms with van der Waals surface area (Å²) in [6.07, 6.45) is 3.49. The van der Waals surface area contributed by atoms with Crippen molar-refractivity contribution in [3.05, 3.63) is 36.1 Å². The summed E-state index contributed by atoms with van der Waals surface area (Å²) >= 11 is 7.23. The van der Waals surface area contributed by atoms with Crippen molar-refractivity contribution in [2.45, 2.75) is 5.16 Å². The number of thioether (sulfide) groups is 1. The van der Waals surface area contributed by atoms with Crippen LogP contribution in [0.5, 0.6) is 0 Å². The second kappa shape index (κ2) is 5.33. The molecule has 0 bridgehead atoms. The van der Waals surface area contributed by atoms with Gasteiger partial charge in [-0.3, -0.25) is 4.98 Å². The number of pyridine rings is 1. The van der Waals surface area contributed by atoms with E-state index in [1.807, 2.05) is 23.7 Å². The van der Waals surface area contributed by atoms with Gasteiger partial charge in [0, 0.05) is 35.8 Å². The number of hydrogen-bond donors (Lipinski definition) is 0. The SMILES string of the molecule is C=C(Cl)CSc1nnc(-c2cccnc2)n1C. The average Bonchev–Trinajstić information content (AvgIpc) is 2.69. The summed E-state index contributed by atoms with van der Waals surface area (Å²) in [5, 5.41) is 9.66. The van der Waals surface area contributed by atoms with Crippen molar-refractivity contribution in [3.63, 3.8) is 0 Å². The van der Waals surface area contributed by atoms with Gasteiger partial charge in [-0.25, -0.2) is 0 Å². The molecule has 0 atom stereocenters. The Kier molecular flexibility index (Phi) is 3.81. The van der Waals surface area contributed by atoms with Crippen molar-refractivity contribution in [2.24, 2.45) is 7.05 Å². The van der Waals surface area contributed by atoms with Gasteiger partial charge in [0.25, 0.3) is 0 Å². The van der Waals surface area contributed by atoms with Crippen LogP contribution in [0.3, 0.4) is 0 Å². The van der Waals surface area contributed by atoms with Gasteiger partial charge in [-0.15, -0.1) is 10.2 Å². The molecule has 0 aliphatic rings. The Labute approximate surface area is 109 Å². The molecule has 88 valence electrons. The third kappa shape index (κ3) is 2.87. The fraction of sp³-hybridized carbons (Fsp3) is 0.182. The molecule has 2 aromatic heterocycles. The fourth-order valence-corrected chi connectivity index (χ4v) is 2.16. The summed E-state index contributed by atoms with van der Waals surface area (Å²) in [5.41, 5.74) is 0.944. The van der Waals surface area contributed by atoms with Crippen LogP contribution in [0.1, 0.15) is 0 Å². The first-order chi connectivity index (χ1) is 8.18. The largest absolute Gasteiger partial charge is 0.305 e. The predicted octanol–water partition coefficient (Wildman–Crippen LogP) is 2.72. The maximum atomic E-state index is 5.72. The molecule has 0 spiro atoms. The highest BCUT2D eigenvalue weighted by Crippen LogP contribution is 2.23. The van der Waals surface area contributed by atoms with E-state index in [1.54, 1.807) is 12.4 Å². The predicted molar refractivity (Wildman–Crippen MR) is 70.0 cm³/mol. The summed E-state index contributed by atoms with van der Waals surface area (Å²) < 4.78 is 1.92. The lowest BCUT2D eigenvalue weighted by Crippen LogP contribution is -1.95. The van der Waals surface area contributed by atoms with Crippen molar-refractivity contribution in [1.82, 2.24) is 19.7 Å². The molecule has 0 saturated carbocycles. The van der Waals surface area contributed by atoms with Crippen LogP contribution >= 0.6 is 23.4 Å². The van der Waals surface area contributed by atoms with Crippen LogP contribution in [-0.4, -0.2) is 25.5 Å². The van der Waals surface area contributed by atoms with Crippen molar-refractivity contribution < 1.29 is 0 Å². The van der Waals surface area contributed by atoms with Crippen LogP contribution in [-0.2, 0) is 7.05 Å². The highest BCUT2D eigenvalue weighted by Gasteiger charge is 2.10. The van der Waals surface area contributed by atoms with Crippen LogP contribution < -0.4 is 0 Å². The van der Waals surface area contributed by atoms with Crippen molar-refractivity contribution in [2.75, 3.05) is 5.75 Å². The lowest BCUT2D eigenvalue weighted by molar-refractivity contribution is 0.794. The highest BCUT2D eigenvalue weighted by molar-refractivity contribution is 7.99. The van der Waals surface area contributed by atoms with Crippen molar-refractivity contribution in [3.8, 4) is 11.4 Å². The average molecular weight is 267 g/mol. The minimum Gasteiger partial charge on any atom is -0.305 e. The second-order valence-electron chi connectivity index (χ2n) is 3.41. The van der Waals surface area contributed by atoms with Gasteiger partial charge in [0.1, 0.15) is 0 Å². The van der Waals surface area contributed by atoms with E-state index in [-0.39, 0.29) is 0 Å². The van der Waals surface area contributed by atoms with Crippen LogP contribution in [0.4, 0.5) is 0 Å². The molecule has 2 heterocycles. The normalized spacial score (nSPS) is 10.5. The number of rotatable bonds is 4. The first-order valence-electron chi connectivity index (χ1n) is 4.94. The number of halogens is 1. The summed E-state index contributed by atoms with van der Waals surface area (Å²) in [4.78, 5) is 4.06. The van der Waals surface area contributed by atoms with Crippen LogP contribution in [0.2, 0.25) is 0 Å². The third-order valence-electron chi connectivity index (χ3n) is 2.11. The van der Waals surface area contributed by atoms with E-state index in [2.05, 4.69) is 21.8 Å². The van der Waals surface area contributed by atoms with Gasteiger partial charge in [0.05, 0.1) is 0 Å². The van der Waals surface area contributed by atoms with Gasteiger partial charge in [0.15, 0.2) is 11.0 Å². The van der Waals surface area contributed by atoms with E-state index in [1.165, 1.54) is 11.8 Å². The minimum absolute atomic E-state index is 0.598. The van der Waals surface area contributed by atoms with Gasteiger partial charge < -0.3 is 4.57 Å². The molecule has 0 radical (unpaired) electrons. The van der Waals surface area contributed by atoms with E-state index in [0.29, 0.717) is 10.8 Å². The van der Waals surface area contributed by atoms with Crippen LogP contribution in [0.25, 0.3) is 11.4 Å². The van der Waals surface area contributed by atoms with Crippen LogP contribution in [0.15, 0.2) is 41.3 Å². The summed E-state index contributed by atoms with van der Waals surface area (Å²) in [5.74, 6) is 1.42. The number of nitrogens with zero attached hydrogens (tertiary/aromatic N) is 4. The molecule has 6 heteroatoms. The molecule has 0 aromatic carbocycles. The standard InChI is InChI=1S/C11H11ClN4S/c1-8(12)7-17-11-15-14-10(16(11)2)9-4-3-5-13-6-9/h3-6H,1,7H2,2H3.